The van der Waals surface area contributed by atoms with Crippen LogP contribution < -0.4 is 5.32 Å². The number of anilines is 1. The van der Waals surface area contributed by atoms with Crippen molar-refractivity contribution >= 4 is 23.2 Å². The highest BCUT2D eigenvalue weighted by Crippen LogP contribution is 2.18. The number of carbonyl (C=O) groups is 1. The largest absolute Gasteiger partial charge is 0.378 e. The average Bonchev–Trinajstić information content (AvgIpc) is 2.83. The van der Waals surface area contributed by atoms with E-state index in [1.54, 1.807) is 24.3 Å². The van der Waals surface area contributed by atoms with Gasteiger partial charge in [-0.25, -0.2) is 0 Å². The summed E-state index contributed by atoms with van der Waals surface area (Å²) in [5.74, 6) is 0.0304. The normalized spacial score (nSPS) is 19.2. The van der Waals surface area contributed by atoms with Crippen molar-refractivity contribution in [3.05, 3.63) is 29.3 Å². The minimum atomic E-state index is 0.0304. The molecule has 1 heterocycles. The highest BCUT2D eigenvalue weighted by molar-refractivity contribution is 6.30. The van der Waals surface area contributed by atoms with E-state index < -0.39 is 0 Å². The van der Waals surface area contributed by atoms with Gasteiger partial charge in [0.2, 0.25) is 5.91 Å². The number of hydrogen-bond acceptors (Lipinski definition) is 2. The molecule has 2 rings (SSSR count). The maximum atomic E-state index is 11.7. The Balaban J connectivity index is 1.74. The molecule has 1 amide bonds. The predicted octanol–water partition coefficient (Wildman–Crippen LogP) is 3.24. The molecule has 0 radical (unpaired) electrons. The monoisotopic (exact) mass is 253 g/mol. The maximum Gasteiger partial charge on any atom is 0.224 e. The SMILES string of the molecule is O=C(CCC1CCCO1)Nc1ccc(Cl)cc1. The topological polar surface area (TPSA) is 38.3 Å². The first-order valence-corrected chi connectivity index (χ1v) is 6.29. The zero-order valence-corrected chi connectivity index (χ0v) is 10.4. The Bertz CT molecular complexity index is 372. The van der Waals surface area contributed by atoms with Crippen molar-refractivity contribution in [2.45, 2.75) is 31.8 Å². The summed E-state index contributed by atoms with van der Waals surface area (Å²) >= 11 is 5.77. The second-order valence-electron chi connectivity index (χ2n) is 4.23. The van der Waals surface area contributed by atoms with Gasteiger partial charge in [0.1, 0.15) is 0 Å². The Morgan fingerprint density at radius 3 is 2.82 bits per heavy atom. The smallest absolute Gasteiger partial charge is 0.224 e. The number of carbonyl (C=O) groups excluding carboxylic acids is 1. The van der Waals surface area contributed by atoms with Crippen molar-refractivity contribution < 1.29 is 9.53 Å². The summed E-state index contributed by atoms with van der Waals surface area (Å²) in [4.78, 5) is 11.7. The van der Waals surface area contributed by atoms with Gasteiger partial charge in [-0.15, -0.1) is 0 Å². The maximum absolute atomic E-state index is 11.7. The molecule has 1 atom stereocenters. The fraction of sp³-hybridized carbons (Fsp3) is 0.462. The number of nitrogens with one attached hydrogen (secondary N) is 1. The Morgan fingerprint density at radius 2 is 2.18 bits per heavy atom. The summed E-state index contributed by atoms with van der Waals surface area (Å²) in [7, 11) is 0. The van der Waals surface area contributed by atoms with Crippen LogP contribution in [0.1, 0.15) is 25.7 Å². The molecule has 1 aromatic carbocycles. The first-order chi connectivity index (χ1) is 8.24. The first-order valence-electron chi connectivity index (χ1n) is 5.91. The van der Waals surface area contributed by atoms with E-state index in [0.717, 1.165) is 31.6 Å². The van der Waals surface area contributed by atoms with Crippen LogP contribution in [0.15, 0.2) is 24.3 Å². The van der Waals surface area contributed by atoms with Gasteiger partial charge in [-0.3, -0.25) is 4.79 Å². The van der Waals surface area contributed by atoms with Gasteiger partial charge in [-0.2, -0.15) is 0 Å². The van der Waals surface area contributed by atoms with Crippen molar-refractivity contribution in [3.63, 3.8) is 0 Å². The fourth-order valence-corrected chi connectivity index (χ4v) is 2.05. The third kappa shape index (κ3) is 4.02. The van der Waals surface area contributed by atoms with Crippen LogP contribution in [-0.4, -0.2) is 18.6 Å². The third-order valence-corrected chi connectivity index (χ3v) is 3.10. The van der Waals surface area contributed by atoms with Gasteiger partial charge in [0.15, 0.2) is 0 Å². The number of amides is 1. The van der Waals surface area contributed by atoms with Crippen LogP contribution in [0.5, 0.6) is 0 Å². The molecule has 92 valence electrons. The van der Waals surface area contributed by atoms with Crippen molar-refractivity contribution in [1.82, 2.24) is 0 Å². The molecule has 0 saturated carbocycles. The van der Waals surface area contributed by atoms with Crippen LogP contribution in [0.25, 0.3) is 0 Å². The second kappa shape index (κ2) is 6.03. The Hall–Kier alpha value is -1.06. The van der Waals surface area contributed by atoms with Crippen LogP contribution >= 0.6 is 11.6 Å². The quantitative estimate of drug-likeness (QED) is 0.895. The number of rotatable bonds is 4. The van der Waals surface area contributed by atoms with E-state index in [-0.39, 0.29) is 12.0 Å². The molecule has 1 aromatic rings. The van der Waals surface area contributed by atoms with Gasteiger partial charge in [-0.1, -0.05) is 11.6 Å². The zero-order chi connectivity index (χ0) is 12.1. The molecule has 1 unspecified atom stereocenters. The van der Waals surface area contributed by atoms with Crippen LogP contribution in [-0.2, 0) is 9.53 Å². The molecule has 1 aliphatic heterocycles. The molecule has 4 heteroatoms. The van der Waals surface area contributed by atoms with Gasteiger partial charge >= 0.3 is 0 Å². The minimum absolute atomic E-state index is 0.0304. The zero-order valence-electron chi connectivity index (χ0n) is 9.62. The van der Waals surface area contributed by atoms with Gasteiger partial charge in [-0.05, 0) is 43.5 Å². The molecule has 0 aromatic heterocycles. The van der Waals surface area contributed by atoms with Gasteiger partial charge in [0.25, 0.3) is 0 Å². The summed E-state index contributed by atoms with van der Waals surface area (Å²) < 4.78 is 5.47. The van der Waals surface area contributed by atoms with Gasteiger partial charge in [0, 0.05) is 23.7 Å². The lowest BCUT2D eigenvalue weighted by Crippen LogP contribution is -2.15. The molecule has 17 heavy (non-hydrogen) atoms. The van der Waals surface area contributed by atoms with Crippen molar-refractivity contribution in [3.8, 4) is 0 Å². The van der Waals surface area contributed by atoms with Crippen molar-refractivity contribution in [1.29, 1.82) is 0 Å². The van der Waals surface area contributed by atoms with E-state index in [2.05, 4.69) is 5.32 Å². The highest BCUT2D eigenvalue weighted by Gasteiger charge is 2.16. The first kappa shape index (κ1) is 12.4. The molecule has 3 nitrogen and oxygen atoms in total. The molecule has 0 spiro atoms. The van der Waals surface area contributed by atoms with Crippen LogP contribution in [0.4, 0.5) is 5.69 Å². The number of hydrogen-bond donors (Lipinski definition) is 1. The predicted molar refractivity (Wildman–Crippen MR) is 68.3 cm³/mol. The number of ether oxygens (including phenoxy) is 1. The van der Waals surface area contributed by atoms with E-state index >= 15 is 0 Å². The van der Waals surface area contributed by atoms with Crippen molar-refractivity contribution in [2.24, 2.45) is 0 Å². The van der Waals surface area contributed by atoms with Gasteiger partial charge in [0.05, 0.1) is 6.10 Å². The van der Waals surface area contributed by atoms with E-state index in [4.69, 9.17) is 16.3 Å². The van der Waals surface area contributed by atoms with Crippen molar-refractivity contribution in [2.75, 3.05) is 11.9 Å². The fourth-order valence-electron chi connectivity index (χ4n) is 1.92. The number of benzene rings is 1. The van der Waals surface area contributed by atoms with Crippen LogP contribution in [0, 0.1) is 0 Å². The Kier molecular flexibility index (Phi) is 4.40. The molecule has 0 aliphatic carbocycles. The summed E-state index contributed by atoms with van der Waals surface area (Å²) in [5, 5.41) is 3.51. The molecular weight excluding hydrogens is 238 g/mol. The Morgan fingerprint density at radius 1 is 1.41 bits per heavy atom. The molecule has 1 saturated heterocycles. The average molecular weight is 254 g/mol. The third-order valence-electron chi connectivity index (χ3n) is 2.85. The second-order valence-corrected chi connectivity index (χ2v) is 4.67. The lowest BCUT2D eigenvalue weighted by atomic mass is 10.1. The summed E-state index contributed by atoms with van der Waals surface area (Å²) in [6.07, 6.45) is 3.77. The number of halogens is 1. The molecule has 1 N–H and O–H groups in total. The standard InChI is InChI=1S/C13H16ClNO2/c14-10-3-5-11(6-4-10)15-13(16)8-7-12-2-1-9-17-12/h3-6,12H,1-2,7-9H2,(H,15,16). The van der Waals surface area contributed by atoms with Gasteiger partial charge < -0.3 is 10.1 Å². The van der Waals surface area contributed by atoms with Crippen LogP contribution in [0.2, 0.25) is 5.02 Å². The molecule has 1 fully saturated rings. The molecule has 0 bridgehead atoms. The minimum Gasteiger partial charge on any atom is -0.378 e. The Labute approximate surface area is 106 Å². The van der Waals surface area contributed by atoms with E-state index in [1.807, 2.05) is 0 Å². The summed E-state index contributed by atoms with van der Waals surface area (Å²) in [6, 6.07) is 7.12. The van der Waals surface area contributed by atoms with E-state index in [0.29, 0.717) is 11.4 Å². The molecular formula is C13H16ClNO2. The lowest BCUT2D eigenvalue weighted by Gasteiger charge is -2.09. The lowest BCUT2D eigenvalue weighted by molar-refractivity contribution is -0.116. The summed E-state index contributed by atoms with van der Waals surface area (Å²) in [6.45, 7) is 0.837. The molecule has 1 aliphatic rings. The van der Waals surface area contributed by atoms with E-state index in [1.165, 1.54) is 0 Å². The summed E-state index contributed by atoms with van der Waals surface area (Å²) in [5.41, 5.74) is 0.784. The van der Waals surface area contributed by atoms with Crippen LogP contribution in [0.3, 0.4) is 0 Å². The highest BCUT2D eigenvalue weighted by atomic mass is 35.5. The van der Waals surface area contributed by atoms with E-state index in [9.17, 15) is 4.79 Å².